The Bertz CT molecular complexity index is 707. The largest absolute Gasteiger partial charge is 0.482 e. The van der Waals surface area contributed by atoms with Crippen molar-refractivity contribution in [1.82, 2.24) is 10.3 Å². The Balaban J connectivity index is 2.00. The van der Waals surface area contributed by atoms with Crippen LogP contribution in [-0.2, 0) is 14.3 Å². The lowest BCUT2D eigenvalue weighted by atomic mass is 10.1. The molecule has 1 amide bonds. The first-order chi connectivity index (χ1) is 12.5. The molecule has 0 radical (unpaired) electrons. The van der Waals surface area contributed by atoms with E-state index in [4.69, 9.17) is 15.2 Å². The molecule has 3 N–H and O–H groups in total. The van der Waals surface area contributed by atoms with Crippen LogP contribution in [0.15, 0.2) is 54.9 Å². The van der Waals surface area contributed by atoms with Crippen molar-refractivity contribution in [2.75, 3.05) is 6.61 Å². The van der Waals surface area contributed by atoms with Gasteiger partial charge in [0.05, 0.1) is 6.04 Å². The second-order valence-corrected chi connectivity index (χ2v) is 5.85. The maximum absolute atomic E-state index is 12.1. The molecule has 138 valence electrons. The number of hydrogen-bond donors (Lipinski definition) is 2. The Labute approximate surface area is 152 Å². The van der Waals surface area contributed by atoms with Gasteiger partial charge in [0, 0.05) is 12.4 Å². The maximum atomic E-state index is 12.1. The number of amides is 1. The van der Waals surface area contributed by atoms with Gasteiger partial charge in [0.1, 0.15) is 18.4 Å². The number of esters is 1. The fourth-order valence-corrected chi connectivity index (χ4v) is 2.13. The van der Waals surface area contributed by atoms with Gasteiger partial charge in [0.2, 0.25) is 5.91 Å². The number of benzene rings is 1. The van der Waals surface area contributed by atoms with E-state index in [1.807, 2.05) is 30.3 Å². The average molecular weight is 357 g/mol. The highest BCUT2D eigenvalue weighted by atomic mass is 16.6. The number of nitrogens with zero attached hydrogens (tertiary/aromatic N) is 1. The third-order valence-corrected chi connectivity index (χ3v) is 3.60. The van der Waals surface area contributed by atoms with Crippen LogP contribution >= 0.6 is 0 Å². The number of carbonyl (C=O) groups excluding carboxylic acids is 2. The van der Waals surface area contributed by atoms with Gasteiger partial charge < -0.3 is 20.5 Å². The van der Waals surface area contributed by atoms with E-state index in [1.165, 1.54) is 0 Å². The third-order valence-electron chi connectivity index (χ3n) is 3.60. The first kappa shape index (κ1) is 19.4. The van der Waals surface area contributed by atoms with E-state index in [2.05, 4.69) is 10.3 Å². The van der Waals surface area contributed by atoms with E-state index >= 15 is 0 Å². The molecule has 2 aromatic rings. The molecule has 0 aliphatic heterocycles. The van der Waals surface area contributed by atoms with Gasteiger partial charge in [-0.3, -0.25) is 9.78 Å². The van der Waals surface area contributed by atoms with Gasteiger partial charge in [-0.05, 0) is 43.7 Å². The molecule has 26 heavy (non-hydrogen) atoms. The van der Waals surface area contributed by atoms with Gasteiger partial charge in [-0.25, -0.2) is 4.79 Å². The topological polar surface area (TPSA) is 104 Å². The average Bonchev–Trinajstić information content (AvgIpc) is 2.66. The van der Waals surface area contributed by atoms with Crippen molar-refractivity contribution < 1.29 is 19.1 Å². The number of pyridine rings is 1. The summed E-state index contributed by atoms with van der Waals surface area (Å²) in [5.41, 5.74) is 6.30. The van der Waals surface area contributed by atoms with E-state index in [-0.39, 0.29) is 6.61 Å². The molecule has 0 bridgehead atoms. The van der Waals surface area contributed by atoms with Crippen LogP contribution in [0.3, 0.4) is 0 Å². The predicted molar refractivity (Wildman–Crippen MR) is 96.3 cm³/mol. The Morgan fingerprint density at radius 1 is 1.12 bits per heavy atom. The molecule has 1 heterocycles. The molecular weight excluding hydrogens is 334 g/mol. The zero-order valence-corrected chi connectivity index (χ0v) is 14.8. The van der Waals surface area contributed by atoms with Crippen molar-refractivity contribution in [2.45, 2.75) is 32.0 Å². The fraction of sp³-hybridized carbons (Fsp3) is 0.316. The summed E-state index contributed by atoms with van der Waals surface area (Å²) in [6.45, 7) is 3.08. The summed E-state index contributed by atoms with van der Waals surface area (Å²) in [6, 6.07) is 11.3. The van der Waals surface area contributed by atoms with Crippen molar-refractivity contribution in [2.24, 2.45) is 5.73 Å². The van der Waals surface area contributed by atoms with Gasteiger partial charge in [-0.2, -0.15) is 0 Å². The zero-order valence-electron chi connectivity index (χ0n) is 14.8. The minimum atomic E-state index is -0.802. The second-order valence-electron chi connectivity index (χ2n) is 5.85. The van der Waals surface area contributed by atoms with E-state index in [0.717, 1.165) is 5.56 Å². The van der Waals surface area contributed by atoms with Crippen molar-refractivity contribution in [3.05, 3.63) is 60.4 Å². The molecular formula is C19H23N3O4. The lowest BCUT2D eigenvalue weighted by Crippen LogP contribution is -2.46. The highest BCUT2D eigenvalue weighted by molar-refractivity contribution is 5.86. The van der Waals surface area contributed by atoms with Crippen LogP contribution in [0.4, 0.5) is 0 Å². The quantitative estimate of drug-likeness (QED) is 0.696. The van der Waals surface area contributed by atoms with Crippen LogP contribution < -0.4 is 15.8 Å². The Hall–Kier alpha value is -2.93. The number of ether oxygens (including phenoxy) is 2. The van der Waals surface area contributed by atoms with Crippen molar-refractivity contribution in [3.8, 4) is 5.75 Å². The first-order valence-electron chi connectivity index (χ1n) is 8.31. The summed E-state index contributed by atoms with van der Waals surface area (Å²) < 4.78 is 11.3. The van der Waals surface area contributed by atoms with Gasteiger partial charge in [0.25, 0.3) is 0 Å². The molecule has 0 saturated carbocycles. The Morgan fingerprint density at radius 2 is 1.77 bits per heavy atom. The van der Waals surface area contributed by atoms with Crippen LogP contribution in [0.5, 0.6) is 5.75 Å². The molecule has 2 rings (SSSR count). The lowest BCUT2D eigenvalue weighted by Gasteiger charge is -2.21. The van der Waals surface area contributed by atoms with E-state index in [0.29, 0.717) is 5.75 Å². The third kappa shape index (κ3) is 5.86. The summed E-state index contributed by atoms with van der Waals surface area (Å²) in [6.07, 6.45) is 2.79. The first-order valence-corrected chi connectivity index (χ1v) is 8.31. The minimum Gasteiger partial charge on any atom is -0.482 e. The van der Waals surface area contributed by atoms with E-state index < -0.39 is 30.1 Å². The molecule has 0 spiro atoms. The van der Waals surface area contributed by atoms with Crippen molar-refractivity contribution in [3.63, 3.8) is 0 Å². The summed E-state index contributed by atoms with van der Waals surface area (Å²) in [5, 5.41) is 2.50. The number of aromatic nitrogens is 1. The normalized spacial score (nSPS) is 14.0. The predicted octanol–water partition coefficient (Wildman–Crippen LogP) is 1.60. The smallest absolute Gasteiger partial charge is 0.328 e. The summed E-state index contributed by atoms with van der Waals surface area (Å²) in [7, 11) is 0. The molecule has 0 aliphatic rings. The van der Waals surface area contributed by atoms with Crippen LogP contribution in [0, 0.1) is 0 Å². The molecule has 3 atom stereocenters. The lowest BCUT2D eigenvalue weighted by molar-refractivity contribution is -0.149. The zero-order chi connectivity index (χ0) is 18.9. The number of para-hydroxylation sites is 1. The molecule has 1 aromatic heterocycles. The molecule has 3 unspecified atom stereocenters. The van der Waals surface area contributed by atoms with Gasteiger partial charge in [0.15, 0.2) is 6.10 Å². The van der Waals surface area contributed by atoms with Gasteiger partial charge in [-0.15, -0.1) is 0 Å². The standard InChI is InChI=1S/C19H23N3O4/c1-13(20)18(23)22-14(2)19(24)25-12-17(15-8-10-21-11-9-15)26-16-6-4-3-5-7-16/h3-11,13-14,17H,12,20H2,1-2H3,(H,22,23). The van der Waals surface area contributed by atoms with Crippen LogP contribution in [0.25, 0.3) is 0 Å². The van der Waals surface area contributed by atoms with E-state index in [1.54, 1.807) is 38.4 Å². The number of rotatable bonds is 8. The fourth-order valence-electron chi connectivity index (χ4n) is 2.13. The maximum Gasteiger partial charge on any atom is 0.328 e. The molecule has 0 saturated heterocycles. The number of nitrogens with two attached hydrogens (primary N) is 1. The monoisotopic (exact) mass is 357 g/mol. The second kappa shape index (κ2) is 9.53. The number of carbonyl (C=O) groups is 2. The molecule has 0 aliphatic carbocycles. The van der Waals surface area contributed by atoms with Crippen LogP contribution in [0.1, 0.15) is 25.5 Å². The highest BCUT2D eigenvalue weighted by Crippen LogP contribution is 2.21. The summed E-state index contributed by atoms with van der Waals surface area (Å²) in [5.74, 6) is -0.320. The van der Waals surface area contributed by atoms with Crippen LogP contribution in [-0.4, -0.2) is 35.6 Å². The van der Waals surface area contributed by atoms with Crippen molar-refractivity contribution >= 4 is 11.9 Å². The van der Waals surface area contributed by atoms with Gasteiger partial charge >= 0.3 is 5.97 Å². The van der Waals surface area contributed by atoms with Gasteiger partial charge in [-0.1, -0.05) is 18.2 Å². The van der Waals surface area contributed by atoms with E-state index in [9.17, 15) is 9.59 Å². The number of nitrogens with one attached hydrogen (secondary N) is 1. The van der Waals surface area contributed by atoms with Crippen molar-refractivity contribution in [1.29, 1.82) is 0 Å². The Morgan fingerprint density at radius 3 is 2.38 bits per heavy atom. The van der Waals surface area contributed by atoms with Crippen LogP contribution in [0.2, 0.25) is 0 Å². The molecule has 0 fully saturated rings. The summed E-state index contributed by atoms with van der Waals surface area (Å²) in [4.78, 5) is 27.7. The summed E-state index contributed by atoms with van der Waals surface area (Å²) >= 11 is 0. The minimum absolute atomic E-state index is 0.00384. The SMILES string of the molecule is CC(N)C(=O)NC(C)C(=O)OCC(Oc1ccccc1)c1ccncc1. The number of hydrogen-bond acceptors (Lipinski definition) is 6. The molecule has 7 heteroatoms. The highest BCUT2D eigenvalue weighted by Gasteiger charge is 2.22. The Kier molecular flexibility index (Phi) is 7.11. The molecule has 7 nitrogen and oxygen atoms in total. The molecule has 1 aromatic carbocycles.